The first kappa shape index (κ1) is 13.7. The summed E-state index contributed by atoms with van der Waals surface area (Å²) in [6, 6.07) is 7.09. The Labute approximate surface area is 103 Å². The van der Waals surface area contributed by atoms with Crippen molar-refractivity contribution in [2.45, 2.75) is 26.8 Å². The van der Waals surface area contributed by atoms with Crippen LogP contribution in [0.4, 0.5) is 0 Å². The smallest absolute Gasteiger partial charge is 0.335 e. The fourth-order valence-electron chi connectivity index (χ4n) is 1.79. The number of carboxylic acid groups (broad SMARTS) is 1. The van der Waals surface area contributed by atoms with Gasteiger partial charge in [0, 0.05) is 13.1 Å². The van der Waals surface area contributed by atoms with Gasteiger partial charge in [0.05, 0.1) is 5.56 Å². The zero-order valence-electron chi connectivity index (χ0n) is 10.8. The molecule has 0 aromatic heterocycles. The third-order valence-electron chi connectivity index (χ3n) is 2.97. The summed E-state index contributed by atoms with van der Waals surface area (Å²) >= 11 is 0. The summed E-state index contributed by atoms with van der Waals surface area (Å²) in [5, 5.41) is 8.80. The largest absolute Gasteiger partial charge is 0.478 e. The van der Waals surface area contributed by atoms with E-state index < -0.39 is 5.97 Å². The second kappa shape index (κ2) is 6.40. The molecule has 0 amide bonds. The Hall–Kier alpha value is -1.35. The normalized spacial score (nSPS) is 12.7. The molecule has 94 valence electrons. The molecule has 17 heavy (non-hydrogen) atoms. The number of hydrogen-bond donors (Lipinski definition) is 1. The Balaban J connectivity index is 2.54. The Morgan fingerprint density at radius 3 is 2.41 bits per heavy atom. The highest BCUT2D eigenvalue weighted by molar-refractivity contribution is 5.87. The van der Waals surface area contributed by atoms with E-state index in [2.05, 4.69) is 25.8 Å². The van der Waals surface area contributed by atoms with Gasteiger partial charge in [-0.2, -0.15) is 0 Å². The van der Waals surface area contributed by atoms with Gasteiger partial charge >= 0.3 is 5.97 Å². The van der Waals surface area contributed by atoms with Crippen molar-refractivity contribution in [3.63, 3.8) is 0 Å². The monoisotopic (exact) mass is 235 g/mol. The maximum atomic E-state index is 10.7. The van der Waals surface area contributed by atoms with E-state index in [1.54, 1.807) is 12.1 Å². The molecule has 1 N–H and O–H groups in total. The van der Waals surface area contributed by atoms with Gasteiger partial charge in [-0.1, -0.05) is 32.4 Å². The zero-order valence-corrected chi connectivity index (χ0v) is 10.8. The second-order valence-electron chi connectivity index (χ2n) is 4.71. The van der Waals surface area contributed by atoms with Crippen LogP contribution in [0.15, 0.2) is 24.3 Å². The molecule has 0 spiro atoms. The minimum absolute atomic E-state index is 0.346. The lowest BCUT2D eigenvalue weighted by molar-refractivity contribution is 0.0697. The van der Waals surface area contributed by atoms with Crippen molar-refractivity contribution in [3.8, 4) is 0 Å². The quantitative estimate of drug-likeness (QED) is 0.824. The molecule has 0 fully saturated rings. The minimum Gasteiger partial charge on any atom is -0.478 e. The zero-order chi connectivity index (χ0) is 12.8. The van der Waals surface area contributed by atoms with Gasteiger partial charge in [0.2, 0.25) is 0 Å². The maximum Gasteiger partial charge on any atom is 0.335 e. The summed E-state index contributed by atoms with van der Waals surface area (Å²) in [7, 11) is 2.09. The number of carboxylic acids is 1. The van der Waals surface area contributed by atoms with Gasteiger partial charge in [-0.3, -0.25) is 0 Å². The molecule has 0 bridgehead atoms. The van der Waals surface area contributed by atoms with Gasteiger partial charge in [-0.05, 0) is 30.7 Å². The predicted octanol–water partition coefficient (Wildman–Crippen LogP) is 2.86. The highest BCUT2D eigenvalue weighted by atomic mass is 16.4. The van der Waals surface area contributed by atoms with Gasteiger partial charge in [-0.25, -0.2) is 4.79 Å². The second-order valence-corrected chi connectivity index (χ2v) is 4.71. The van der Waals surface area contributed by atoms with Gasteiger partial charge in [0.1, 0.15) is 0 Å². The molecule has 1 aromatic carbocycles. The fraction of sp³-hybridized carbons (Fsp3) is 0.500. The standard InChI is InChI=1S/C14H21NO2/c1-4-11(2)9-15(3)10-12-5-7-13(8-6-12)14(16)17/h5-8,11H,4,9-10H2,1-3H3,(H,16,17)/t11-/m0/s1. The van der Waals surface area contributed by atoms with E-state index in [1.165, 1.54) is 6.42 Å². The number of benzene rings is 1. The van der Waals surface area contributed by atoms with Crippen LogP contribution < -0.4 is 0 Å². The van der Waals surface area contributed by atoms with Crippen LogP contribution in [0.5, 0.6) is 0 Å². The first-order chi connectivity index (χ1) is 8.02. The Morgan fingerprint density at radius 1 is 1.35 bits per heavy atom. The average Bonchev–Trinajstić information content (AvgIpc) is 2.29. The van der Waals surface area contributed by atoms with Crippen molar-refractivity contribution in [2.24, 2.45) is 5.92 Å². The number of carbonyl (C=O) groups is 1. The van der Waals surface area contributed by atoms with E-state index in [1.807, 2.05) is 12.1 Å². The lowest BCUT2D eigenvalue weighted by atomic mass is 10.1. The van der Waals surface area contributed by atoms with E-state index in [0.29, 0.717) is 11.5 Å². The minimum atomic E-state index is -0.871. The predicted molar refractivity (Wildman–Crippen MR) is 69.2 cm³/mol. The van der Waals surface area contributed by atoms with Crippen molar-refractivity contribution in [1.29, 1.82) is 0 Å². The average molecular weight is 235 g/mol. The molecule has 0 heterocycles. The van der Waals surface area contributed by atoms with Gasteiger partial charge in [0.25, 0.3) is 0 Å². The fourth-order valence-corrected chi connectivity index (χ4v) is 1.79. The van der Waals surface area contributed by atoms with Crippen LogP contribution in [0.3, 0.4) is 0 Å². The maximum absolute atomic E-state index is 10.7. The number of nitrogens with zero attached hydrogens (tertiary/aromatic N) is 1. The SMILES string of the molecule is CC[C@H](C)CN(C)Cc1ccc(C(=O)O)cc1. The molecule has 1 rings (SSSR count). The molecule has 0 aliphatic heterocycles. The molecular weight excluding hydrogens is 214 g/mol. The van der Waals surface area contributed by atoms with Crippen molar-refractivity contribution >= 4 is 5.97 Å². The van der Waals surface area contributed by atoms with E-state index >= 15 is 0 Å². The van der Waals surface area contributed by atoms with E-state index in [0.717, 1.165) is 18.7 Å². The van der Waals surface area contributed by atoms with Gasteiger partial charge < -0.3 is 10.0 Å². The summed E-state index contributed by atoms with van der Waals surface area (Å²) in [4.78, 5) is 13.0. The van der Waals surface area contributed by atoms with Crippen LogP contribution in [0.1, 0.15) is 36.2 Å². The van der Waals surface area contributed by atoms with Crippen LogP contribution in [0.2, 0.25) is 0 Å². The summed E-state index contributed by atoms with van der Waals surface area (Å²) in [6.07, 6.45) is 1.18. The van der Waals surface area contributed by atoms with Crippen LogP contribution in [-0.4, -0.2) is 29.6 Å². The van der Waals surface area contributed by atoms with Crippen LogP contribution in [0.25, 0.3) is 0 Å². The highest BCUT2D eigenvalue weighted by Crippen LogP contribution is 2.09. The Kier molecular flexibility index (Phi) is 5.16. The Bertz CT molecular complexity index is 359. The summed E-state index contributed by atoms with van der Waals surface area (Å²) in [5.74, 6) is -0.178. The third-order valence-corrected chi connectivity index (χ3v) is 2.97. The van der Waals surface area contributed by atoms with Crippen molar-refractivity contribution in [1.82, 2.24) is 4.90 Å². The topological polar surface area (TPSA) is 40.5 Å². The highest BCUT2D eigenvalue weighted by Gasteiger charge is 2.06. The number of rotatable bonds is 6. The van der Waals surface area contributed by atoms with Crippen molar-refractivity contribution in [3.05, 3.63) is 35.4 Å². The van der Waals surface area contributed by atoms with E-state index in [-0.39, 0.29) is 0 Å². The van der Waals surface area contributed by atoms with Gasteiger partial charge in [0.15, 0.2) is 0 Å². The molecule has 0 aliphatic rings. The summed E-state index contributed by atoms with van der Waals surface area (Å²) in [5.41, 5.74) is 1.50. The summed E-state index contributed by atoms with van der Waals surface area (Å²) in [6.45, 7) is 6.37. The lowest BCUT2D eigenvalue weighted by Gasteiger charge is -2.20. The number of hydrogen-bond acceptors (Lipinski definition) is 2. The van der Waals surface area contributed by atoms with Crippen LogP contribution >= 0.6 is 0 Å². The lowest BCUT2D eigenvalue weighted by Crippen LogP contribution is -2.23. The first-order valence-corrected chi connectivity index (χ1v) is 6.03. The first-order valence-electron chi connectivity index (χ1n) is 6.03. The molecule has 0 aliphatic carbocycles. The van der Waals surface area contributed by atoms with Crippen LogP contribution in [0, 0.1) is 5.92 Å². The van der Waals surface area contributed by atoms with Crippen LogP contribution in [-0.2, 0) is 6.54 Å². The molecule has 1 atom stereocenters. The van der Waals surface area contributed by atoms with Crippen molar-refractivity contribution < 1.29 is 9.90 Å². The molecule has 3 nitrogen and oxygen atoms in total. The molecule has 0 radical (unpaired) electrons. The molecule has 0 saturated heterocycles. The van der Waals surface area contributed by atoms with E-state index in [9.17, 15) is 4.79 Å². The van der Waals surface area contributed by atoms with E-state index in [4.69, 9.17) is 5.11 Å². The van der Waals surface area contributed by atoms with Gasteiger partial charge in [-0.15, -0.1) is 0 Å². The Morgan fingerprint density at radius 2 is 1.94 bits per heavy atom. The molecule has 1 aromatic rings. The molecule has 0 unspecified atom stereocenters. The third kappa shape index (κ3) is 4.57. The molecule has 0 saturated carbocycles. The summed E-state index contributed by atoms with van der Waals surface area (Å²) < 4.78 is 0. The molecule has 3 heteroatoms. The number of aromatic carboxylic acids is 1. The molecular formula is C14H21NO2. The van der Waals surface area contributed by atoms with Crippen molar-refractivity contribution in [2.75, 3.05) is 13.6 Å².